The van der Waals surface area contributed by atoms with Crippen LogP contribution in [0.15, 0.2) is 18.2 Å². The fourth-order valence-electron chi connectivity index (χ4n) is 1.47. The molecule has 1 aromatic rings. The average Bonchev–Trinajstić information content (AvgIpc) is 2.39. The standard InChI is InChI=1S/C13H18ClFN2O2/c1-19-7-6-17-13(18)4-5-16-9-10-2-3-11(14)12(15)8-10/h2-3,8,16H,4-7,9H2,1H3,(H,17,18). The smallest absolute Gasteiger partial charge is 0.221 e. The number of hydrogen-bond donors (Lipinski definition) is 2. The van der Waals surface area contributed by atoms with Gasteiger partial charge < -0.3 is 15.4 Å². The molecule has 4 nitrogen and oxygen atoms in total. The van der Waals surface area contributed by atoms with Crippen LogP contribution in [-0.4, -0.2) is 32.7 Å². The third kappa shape index (κ3) is 6.52. The summed E-state index contributed by atoms with van der Waals surface area (Å²) in [5.41, 5.74) is 0.793. The highest BCUT2D eigenvalue weighted by Gasteiger charge is 2.02. The third-order valence-corrected chi connectivity index (χ3v) is 2.78. The van der Waals surface area contributed by atoms with Crippen molar-refractivity contribution >= 4 is 17.5 Å². The van der Waals surface area contributed by atoms with E-state index in [2.05, 4.69) is 10.6 Å². The third-order valence-electron chi connectivity index (χ3n) is 2.47. The molecule has 0 heterocycles. The number of nitrogens with one attached hydrogen (secondary N) is 2. The fourth-order valence-corrected chi connectivity index (χ4v) is 1.58. The van der Waals surface area contributed by atoms with Crippen LogP contribution in [0.5, 0.6) is 0 Å². The van der Waals surface area contributed by atoms with Crippen LogP contribution in [0.1, 0.15) is 12.0 Å². The highest BCUT2D eigenvalue weighted by atomic mass is 35.5. The van der Waals surface area contributed by atoms with E-state index in [9.17, 15) is 9.18 Å². The molecule has 0 aliphatic heterocycles. The Morgan fingerprint density at radius 3 is 2.89 bits per heavy atom. The second-order valence-corrected chi connectivity index (χ2v) is 4.43. The molecular formula is C13H18ClFN2O2. The van der Waals surface area contributed by atoms with Crippen molar-refractivity contribution < 1.29 is 13.9 Å². The van der Waals surface area contributed by atoms with Gasteiger partial charge in [-0.25, -0.2) is 4.39 Å². The predicted octanol–water partition coefficient (Wildman–Crippen LogP) is 1.72. The van der Waals surface area contributed by atoms with E-state index >= 15 is 0 Å². The van der Waals surface area contributed by atoms with Gasteiger partial charge >= 0.3 is 0 Å². The number of rotatable bonds is 8. The lowest BCUT2D eigenvalue weighted by molar-refractivity contribution is -0.121. The molecule has 0 unspecified atom stereocenters. The zero-order valence-corrected chi connectivity index (χ0v) is 11.6. The van der Waals surface area contributed by atoms with E-state index in [1.54, 1.807) is 13.2 Å². The molecule has 2 N–H and O–H groups in total. The first-order valence-corrected chi connectivity index (χ1v) is 6.41. The summed E-state index contributed by atoms with van der Waals surface area (Å²) in [5.74, 6) is -0.467. The monoisotopic (exact) mass is 288 g/mol. The van der Waals surface area contributed by atoms with Crippen LogP contribution < -0.4 is 10.6 Å². The summed E-state index contributed by atoms with van der Waals surface area (Å²) in [6, 6.07) is 4.65. The molecule has 0 spiro atoms. The lowest BCUT2D eigenvalue weighted by Crippen LogP contribution is -2.29. The Balaban J connectivity index is 2.16. The molecular weight excluding hydrogens is 271 g/mol. The molecule has 1 aromatic carbocycles. The van der Waals surface area contributed by atoms with Crippen molar-refractivity contribution in [3.8, 4) is 0 Å². The quantitative estimate of drug-likeness (QED) is 0.716. The van der Waals surface area contributed by atoms with Crippen LogP contribution in [-0.2, 0) is 16.1 Å². The molecule has 0 aromatic heterocycles. The van der Waals surface area contributed by atoms with Crippen molar-refractivity contribution in [3.63, 3.8) is 0 Å². The van der Waals surface area contributed by atoms with E-state index < -0.39 is 5.82 Å². The minimum Gasteiger partial charge on any atom is -0.383 e. The van der Waals surface area contributed by atoms with Gasteiger partial charge in [-0.1, -0.05) is 17.7 Å². The number of hydrogen-bond acceptors (Lipinski definition) is 3. The summed E-state index contributed by atoms with van der Waals surface area (Å²) >= 11 is 5.59. The molecule has 0 saturated carbocycles. The minimum atomic E-state index is -0.432. The van der Waals surface area contributed by atoms with Crippen LogP contribution >= 0.6 is 11.6 Å². The largest absolute Gasteiger partial charge is 0.383 e. The molecule has 0 fully saturated rings. The lowest BCUT2D eigenvalue weighted by Gasteiger charge is -2.06. The number of ether oxygens (including phenoxy) is 1. The zero-order chi connectivity index (χ0) is 14.1. The van der Waals surface area contributed by atoms with Crippen LogP contribution in [0.3, 0.4) is 0 Å². The Labute approximate surface area is 117 Å². The van der Waals surface area contributed by atoms with Crippen molar-refractivity contribution in [1.29, 1.82) is 0 Å². The number of halogens is 2. The number of benzene rings is 1. The summed E-state index contributed by atoms with van der Waals surface area (Å²) in [6.07, 6.45) is 0.375. The second-order valence-electron chi connectivity index (χ2n) is 4.02. The summed E-state index contributed by atoms with van der Waals surface area (Å²) < 4.78 is 18.0. The number of methoxy groups -OCH3 is 1. The number of carbonyl (C=O) groups excluding carboxylic acids is 1. The maximum atomic E-state index is 13.2. The molecule has 1 rings (SSSR count). The average molecular weight is 289 g/mol. The van der Waals surface area contributed by atoms with Gasteiger partial charge in [0.1, 0.15) is 5.82 Å². The molecule has 0 radical (unpaired) electrons. The van der Waals surface area contributed by atoms with Crippen LogP contribution in [0.4, 0.5) is 4.39 Å². The van der Waals surface area contributed by atoms with E-state index in [0.29, 0.717) is 32.7 Å². The fraction of sp³-hybridized carbons (Fsp3) is 0.462. The first-order chi connectivity index (χ1) is 9.13. The van der Waals surface area contributed by atoms with Gasteiger partial charge in [-0.3, -0.25) is 4.79 Å². The van der Waals surface area contributed by atoms with Gasteiger partial charge in [0.2, 0.25) is 5.91 Å². The van der Waals surface area contributed by atoms with E-state index in [-0.39, 0.29) is 10.9 Å². The van der Waals surface area contributed by atoms with Crippen molar-refractivity contribution in [2.24, 2.45) is 0 Å². The molecule has 0 aliphatic carbocycles. The van der Waals surface area contributed by atoms with Crippen LogP contribution in [0, 0.1) is 5.82 Å². The van der Waals surface area contributed by atoms with Gasteiger partial charge in [-0.2, -0.15) is 0 Å². The Hall–Kier alpha value is -1.17. The maximum absolute atomic E-state index is 13.2. The first-order valence-electron chi connectivity index (χ1n) is 6.03. The summed E-state index contributed by atoms with van der Waals surface area (Å²) in [6.45, 7) is 2.05. The van der Waals surface area contributed by atoms with Crippen molar-refractivity contribution in [2.75, 3.05) is 26.8 Å². The molecule has 6 heteroatoms. The van der Waals surface area contributed by atoms with E-state index in [0.717, 1.165) is 5.56 Å². The first kappa shape index (κ1) is 15.9. The Kier molecular flexibility index (Phi) is 7.40. The lowest BCUT2D eigenvalue weighted by atomic mass is 10.2. The Bertz CT molecular complexity index is 416. The van der Waals surface area contributed by atoms with Crippen molar-refractivity contribution in [2.45, 2.75) is 13.0 Å². The van der Waals surface area contributed by atoms with Gasteiger partial charge in [0.25, 0.3) is 0 Å². The molecule has 0 aliphatic rings. The van der Waals surface area contributed by atoms with Gasteiger partial charge in [0.15, 0.2) is 0 Å². The molecule has 0 bridgehead atoms. The van der Waals surface area contributed by atoms with Crippen LogP contribution in [0.2, 0.25) is 5.02 Å². The van der Waals surface area contributed by atoms with Gasteiger partial charge in [-0.15, -0.1) is 0 Å². The molecule has 0 saturated heterocycles. The second kappa shape index (κ2) is 8.85. The molecule has 0 atom stereocenters. The number of amides is 1. The van der Waals surface area contributed by atoms with Crippen molar-refractivity contribution in [1.82, 2.24) is 10.6 Å². The van der Waals surface area contributed by atoms with Crippen molar-refractivity contribution in [3.05, 3.63) is 34.6 Å². The van der Waals surface area contributed by atoms with E-state index in [1.807, 2.05) is 0 Å². The molecule has 106 valence electrons. The summed E-state index contributed by atoms with van der Waals surface area (Å²) in [4.78, 5) is 11.3. The normalized spacial score (nSPS) is 10.5. The summed E-state index contributed by atoms with van der Waals surface area (Å²) in [7, 11) is 1.58. The van der Waals surface area contributed by atoms with Gasteiger partial charge in [-0.05, 0) is 17.7 Å². The van der Waals surface area contributed by atoms with Crippen LogP contribution in [0.25, 0.3) is 0 Å². The van der Waals surface area contributed by atoms with E-state index in [4.69, 9.17) is 16.3 Å². The van der Waals surface area contributed by atoms with E-state index in [1.165, 1.54) is 12.1 Å². The topological polar surface area (TPSA) is 50.4 Å². The SMILES string of the molecule is COCCNC(=O)CCNCc1ccc(Cl)c(F)c1. The van der Waals surface area contributed by atoms with Gasteiger partial charge in [0, 0.05) is 33.2 Å². The minimum absolute atomic E-state index is 0.0353. The highest BCUT2D eigenvalue weighted by molar-refractivity contribution is 6.30. The summed E-state index contributed by atoms with van der Waals surface area (Å²) in [5, 5.41) is 5.90. The number of carbonyl (C=O) groups is 1. The Morgan fingerprint density at radius 2 is 2.21 bits per heavy atom. The zero-order valence-electron chi connectivity index (χ0n) is 10.8. The Morgan fingerprint density at radius 1 is 1.42 bits per heavy atom. The highest BCUT2D eigenvalue weighted by Crippen LogP contribution is 2.15. The molecule has 1 amide bonds. The predicted molar refractivity (Wildman–Crippen MR) is 72.6 cm³/mol. The molecule has 19 heavy (non-hydrogen) atoms. The maximum Gasteiger partial charge on any atom is 0.221 e. The van der Waals surface area contributed by atoms with Gasteiger partial charge in [0.05, 0.1) is 11.6 Å².